The molecule has 30 heavy (non-hydrogen) atoms. The van der Waals surface area contributed by atoms with Crippen LogP contribution in [0, 0.1) is 29.1 Å². The second kappa shape index (κ2) is 7.18. The van der Waals surface area contributed by atoms with Crippen molar-refractivity contribution in [1.82, 2.24) is 0 Å². The van der Waals surface area contributed by atoms with Crippen molar-refractivity contribution < 1.29 is 49.8 Å². The first-order chi connectivity index (χ1) is 13.9. The number of rotatable bonds is 3. The van der Waals surface area contributed by atoms with Gasteiger partial charge < -0.3 is 9.47 Å². The maximum atomic E-state index is 14.5. The molecule has 0 aliphatic carbocycles. The fourth-order valence-electron chi connectivity index (χ4n) is 2.91. The molecule has 2 aromatic carbocycles. The lowest BCUT2D eigenvalue weighted by atomic mass is 10.0. The molecule has 0 fully saturated rings. The summed E-state index contributed by atoms with van der Waals surface area (Å²) in [6, 6.07) is -0.968. The van der Waals surface area contributed by atoms with Crippen LogP contribution in [0.5, 0.6) is 5.75 Å². The van der Waals surface area contributed by atoms with Gasteiger partial charge in [0, 0.05) is 17.7 Å². The van der Waals surface area contributed by atoms with Gasteiger partial charge >= 0.3 is 18.0 Å². The van der Waals surface area contributed by atoms with Crippen molar-refractivity contribution in [2.45, 2.75) is 19.1 Å². The number of carbonyl (C=O) groups excluding carboxylic acids is 2. The van der Waals surface area contributed by atoms with Gasteiger partial charge in [-0.25, -0.2) is 26.7 Å². The molecule has 5 nitrogen and oxygen atoms in total. The number of esters is 1. The van der Waals surface area contributed by atoms with Gasteiger partial charge in [-0.2, -0.15) is 8.78 Å². The first-order valence-corrected chi connectivity index (χ1v) is 8.06. The van der Waals surface area contributed by atoms with E-state index in [0.29, 0.717) is 6.07 Å². The number of anilines is 1. The zero-order valence-corrected chi connectivity index (χ0v) is 15.0. The molecule has 0 unspecified atom stereocenters. The summed E-state index contributed by atoms with van der Waals surface area (Å²) in [6.07, 6.45) is -4.50. The molecule has 2 aromatic rings. The van der Waals surface area contributed by atoms with Crippen LogP contribution in [-0.4, -0.2) is 31.1 Å². The van der Waals surface area contributed by atoms with Crippen LogP contribution in [0.25, 0.3) is 11.1 Å². The third-order valence-electron chi connectivity index (χ3n) is 4.33. The van der Waals surface area contributed by atoms with Crippen LogP contribution < -0.4 is 9.64 Å². The van der Waals surface area contributed by atoms with Crippen molar-refractivity contribution in [3.63, 3.8) is 0 Å². The Morgan fingerprint density at radius 2 is 1.67 bits per heavy atom. The summed E-state index contributed by atoms with van der Waals surface area (Å²) < 4.78 is 106. The Balaban J connectivity index is 2.29. The van der Waals surface area contributed by atoms with Crippen molar-refractivity contribution in [2.24, 2.45) is 0 Å². The second-order valence-corrected chi connectivity index (χ2v) is 6.14. The van der Waals surface area contributed by atoms with Gasteiger partial charge in [0.25, 0.3) is 0 Å². The highest BCUT2D eigenvalue weighted by Gasteiger charge is 2.53. The first-order valence-electron chi connectivity index (χ1n) is 8.06. The topological polar surface area (TPSA) is 55.8 Å². The minimum absolute atomic E-state index is 0.0444. The predicted molar refractivity (Wildman–Crippen MR) is 86.2 cm³/mol. The summed E-state index contributed by atoms with van der Waals surface area (Å²) in [5.74, 6) is -13.5. The van der Waals surface area contributed by atoms with Crippen LogP contribution in [-0.2, 0) is 14.3 Å². The van der Waals surface area contributed by atoms with E-state index >= 15 is 0 Å². The summed E-state index contributed by atoms with van der Waals surface area (Å²) in [5.41, 5.74) is -3.07. The summed E-state index contributed by atoms with van der Waals surface area (Å²) in [4.78, 5) is 24.1. The molecule has 0 aromatic heterocycles. The third kappa shape index (κ3) is 3.21. The van der Waals surface area contributed by atoms with Crippen molar-refractivity contribution in [3.8, 4) is 16.9 Å². The average molecular weight is 437 g/mol. The summed E-state index contributed by atoms with van der Waals surface area (Å²) >= 11 is 0. The Hall–Kier alpha value is -3.31. The quantitative estimate of drug-likeness (QED) is 0.316. The Morgan fingerprint density at radius 3 is 2.27 bits per heavy atom. The zero-order chi connectivity index (χ0) is 22.5. The van der Waals surface area contributed by atoms with Crippen LogP contribution in [0.15, 0.2) is 18.2 Å². The highest BCUT2D eigenvalue weighted by molar-refractivity contribution is 6.05. The lowest BCUT2D eigenvalue weighted by Gasteiger charge is -2.36. The fraction of sp³-hybridized carbons (Fsp3) is 0.222. The van der Waals surface area contributed by atoms with Gasteiger partial charge in [-0.3, -0.25) is 9.69 Å². The Kier molecular flexibility index (Phi) is 5.12. The van der Waals surface area contributed by atoms with E-state index in [1.165, 1.54) is 0 Å². The number of alkyl halides is 2. The van der Waals surface area contributed by atoms with E-state index in [0.717, 1.165) is 14.0 Å². The van der Waals surface area contributed by atoms with Crippen LogP contribution in [0.4, 0.5) is 36.4 Å². The number of fused-ring (bicyclic) bond motifs is 1. The predicted octanol–water partition coefficient (Wildman–Crippen LogP) is 3.93. The number of methoxy groups -OCH3 is 1. The molecule has 0 saturated heterocycles. The molecule has 1 amide bonds. The normalized spacial score (nSPS) is 16.0. The van der Waals surface area contributed by atoms with Gasteiger partial charge in [0.05, 0.1) is 18.4 Å². The van der Waals surface area contributed by atoms with E-state index in [1.807, 2.05) is 0 Å². The van der Waals surface area contributed by atoms with Crippen LogP contribution >= 0.6 is 0 Å². The number of halogens is 7. The van der Waals surface area contributed by atoms with E-state index in [9.17, 15) is 40.3 Å². The molecule has 160 valence electrons. The van der Waals surface area contributed by atoms with E-state index in [4.69, 9.17) is 0 Å². The average Bonchev–Trinajstić information content (AvgIpc) is 2.67. The highest BCUT2D eigenvalue weighted by atomic mass is 19.3. The van der Waals surface area contributed by atoms with E-state index in [1.54, 1.807) is 0 Å². The Morgan fingerprint density at radius 1 is 1.03 bits per heavy atom. The molecule has 0 bridgehead atoms. The first kappa shape index (κ1) is 21.4. The van der Waals surface area contributed by atoms with E-state index in [2.05, 4.69) is 9.47 Å². The van der Waals surface area contributed by atoms with Gasteiger partial charge in [-0.15, -0.1) is 0 Å². The summed E-state index contributed by atoms with van der Waals surface area (Å²) in [6.45, 7) is 0.997. The molecule has 0 spiro atoms. The maximum Gasteiger partial charge on any atom is 0.483 e. The number of ether oxygens (including phenoxy) is 2. The molecule has 0 saturated carbocycles. The molecule has 0 N–H and O–H groups in total. The standard InChI is InChI=1S/C18H10F7NO4/c1-6(16(27)29-2)26-11-3-7(13-9(20)4-10(21)14(22)15(13)23)8(19)5-12(11)30-18(24,25)17(26)28/h3-6H,1-2H3/t6-/m0/s1. The Bertz CT molecular complexity index is 1070. The SMILES string of the molecule is COC(=O)[C@H](C)N1C(=O)C(F)(F)Oc2cc(F)c(-c3c(F)cc(F)c(F)c3F)cc21. The minimum Gasteiger partial charge on any atom is -0.467 e. The van der Waals surface area contributed by atoms with Gasteiger partial charge in [0.1, 0.15) is 17.7 Å². The molecular formula is C18H10F7NO4. The Labute approximate surface area is 163 Å². The fourth-order valence-corrected chi connectivity index (χ4v) is 2.91. The molecule has 1 aliphatic rings. The van der Waals surface area contributed by atoms with Gasteiger partial charge in [0.15, 0.2) is 23.2 Å². The number of hydrogen-bond donors (Lipinski definition) is 0. The number of carbonyl (C=O) groups is 2. The van der Waals surface area contributed by atoms with Gasteiger partial charge in [-0.05, 0) is 13.0 Å². The van der Waals surface area contributed by atoms with Crippen molar-refractivity contribution in [3.05, 3.63) is 47.3 Å². The van der Waals surface area contributed by atoms with Crippen molar-refractivity contribution in [2.75, 3.05) is 12.0 Å². The summed E-state index contributed by atoms with van der Waals surface area (Å²) in [7, 11) is 0.908. The second-order valence-electron chi connectivity index (χ2n) is 6.14. The van der Waals surface area contributed by atoms with Gasteiger partial charge in [-0.1, -0.05) is 0 Å². The molecule has 1 atom stereocenters. The molecule has 1 heterocycles. The summed E-state index contributed by atoms with van der Waals surface area (Å²) in [5, 5.41) is 0. The molecule has 0 radical (unpaired) electrons. The number of nitrogens with zero attached hydrogens (tertiary/aromatic N) is 1. The van der Waals surface area contributed by atoms with Crippen LogP contribution in [0.1, 0.15) is 6.92 Å². The van der Waals surface area contributed by atoms with Crippen LogP contribution in [0.2, 0.25) is 0 Å². The van der Waals surface area contributed by atoms with Crippen molar-refractivity contribution >= 4 is 17.6 Å². The molecule has 12 heteroatoms. The van der Waals surface area contributed by atoms with Gasteiger partial charge in [0.2, 0.25) is 0 Å². The van der Waals surface area contributed by atoms with E-state index < -0.39 is 75.7 Å². The zero-order valence-electron chi connectivity index (χ0n) is 15.0. The smallest absolute Gasteiger partial charge is 0.467 e. The van der Waals surface area contributed by atoms with Crippen molar-refractivity contribution in [1.29, 1.82) is 0 Å². The van der Waals surface area contributed by atoms with E-state index in [-0.39, 0.29) is 17.0 Å². The lowest BCUT2D eigenvalue weighted by Crippen LogP contribution is -2.56. The monoisotopic (exact) mass is 437 g/mol. The maximum absolute atomic E-state index is 14.5. The van der Waals surface area contributed by atoms with Crippen LogP contribution in [0.3, 0.4) is 0 Å². The lowest BCUT2D eigenvalue weighted by molar-refractivity contribution is -0.193. The molecular weight excluding hydrogens is 427 g/mol. The third-order valence-corrected chi connectivity index (χ3v) is 4.33. The molecule has 3 rings (SSSR count). The highest BCUT2D eigenvalue weighted by Crippen LogP contribution is 2.44. The number of hydrogen-bond acceptors (Lipinski definition) is 4. The molecule has 1 aliphatic heterocycles. The largest absolute Gasteiger partial charge is 0.483 e. The minimum atomic E-state index is -4.50. The number of amides is 1. The number of benzene rings is 2.